The molecule has 0 saturated carbocycles. The Morgan fingerprint density at radius 3 is 2.81 bits per heavy atom. The third-order valence-electron chi connectivity index (χ3n) is 4.83. The highest BCUT2D eigenvalue weighted by Crippen LogP contribution is 2.36. The number of para-hydroxylation sites is 1. The fraction of sp³-hybridized carbons (Fsp3) is 0.0870. The molecule has 3 heterocycles. The first kappa shape index (κ1) is 20.5. The van der Waals surface area contributed by atoms with Crippen LogP contribution < -0.4 is 5.73 Å². The number of hydrogen-bond acceptors (Lipinski definition) is 7. The Morgan fingerprint density at radius 1 is 1.22 bits per heavy atom. The number of nitrogens with two attached hydrogens (primary N) is 1. The molecule has 0 bridgehead atoms. The quantitative estimate of drug-likeness (QED) is 0.295. The predicted octanol–water partition coefficient (Wildman–Crippen LogP) is 5.93. The van der Waals surface area contributed by atoms with Crippen molar-refractivity contribution in [2.45, 2.75) is 6.92 Å². The largest absolute Gasteiger partial charge is 0.461 e. The molecule has 5 rings (SSSR count). The van der Waals surface area contributed by atoms with Crippen molar-refractivity contribution in [2.75, 3.05) is 12.3 Å². The molecule has 2 aromatic carbocycles. The van der Waals surface area contributed by atoms with E-state index in [1.54, 1.807) is 6.92 Å². The number of halogens is 1. The molecule has 0 amide bonds. The number of anilines is 1. The Kier molecular flexibility index (Phi) is 5.28. The number of benzene rings is 2. The van der Waals surface area contributed by atoms with E-state index in [0.29, 0.717) is 27.8 Å². The maximum absolute atomic E-state index is 12.7. The van der Waals surface area contributed by atoms with Gasteiger partial charge in [0.1, 0.15) is 22.0 Å². The molecule has 7 nitrogen and oxygen atoms in total. The van der Waals surface area contributed by atoms with Gasteiger partial charge in [-0.3, -0.25) is 0 Å². The minimum Gasteiger partial charge on any atom is -0.461 e. The third-order valence-corrected chi connectivity index (χ3v) is 6.17. The SMILES string of the molecule is CCOC(=O)c1c(N)c(-c2nc(-c3cc4cc(Br)ccc4o3)cs2)nn1-c1ccccc1. The van der Waals surface area contributed by atoms with Crippen molar-refractivity contribution in [2.24, 2.45) is 0 Å². The number of fused-ring (bicyclic) bond motifs is 1. The van der Waals surface area contributed by atoms with Gasteiger partial charge in [0.15, 0.2) is 11.5 Å². The summed E-state index contributed by atoms with van der Waals surface area (Å²) in [7, 11) is 0. The van der Waals surface area contributed by atoms with Gasteiger partial charge in [0.25, 0.3) is 0 Å². The molecule has 0 radical (unpaired) electrons. The Bertz CT molecular complexity index is 1440. The van der Waals surface area contributed by atoms with Crippen molar-refractivity contribution in [3.05, 3.63) is 70.1 Å². The van der Waals surface area contributed by atoms with Crippen molar-refractivity contribution >= 4 is 49.9 Å². The van der Waals surface area contributed by atoms with Gasteiger partial charge in [-0.05, 0) is 43.3 Å². The van der Waals surface area contributed by atoms with E-state index in [4.69, 9.17) is 14.9 Å². The molecule has 0 saturated heterocycles. The van der Waals surface area contributed by atoms with E-state index in [0.717, 1.165) is 15.4 Å². The van der Waals surface area contributed by atoms with Gasteiger partial charge in [-0.25, -0.2) is 14.5 Å². The lowest BCUT2D eigenvalue weighted by Crippen LogP contribution is -2.13. The van der Waals surface area contributed by atoms with Crippen LogP contribution in [0.1, 0.15) is 17.4 Å². The van der Waals surface area contributed by atoms with Crippen LogP contribution in [0.4, 0.5) is 5.69 Å². The van der Waals surface area contributed by atoms with E-state index < -0.39 is 5.97 Å². The lowest BCUT2D eigenvalue weighted by molar-refractivity contribution is 0.0517. The number of nitrogen functional groups attached to an aromatic ring is 1. The van der Waals surface area contributed by atoms with E-state index in [9.17, 15) is 4.79 Å². The molecular weight excluding hydrogens is 492 g/mol. The first-order chi connectivity index (χ1) is 15.5. The van der Waals surface area contributed by atoms with E-state index in [2.05, 4.69) is 26.0 Å². The van der Waals surface area contributed by atoms with Gasteiger partial charge in [0.05, 0.1) is 18.0 Å². The summed E-state index contributed by atoms with van der Waals surface area (Å²) in [5, 5.41) is 8.06. The van der Waals surface area contributed by atoms with E-state index in [1.165, 1.54) is 16.0 Å². The van der Waals surface area contributed by atoms with Crippen LogP contribution in [-0.2, 0) is 4.74 Å². The van der Waals surface area contributed by atoms with Crippen molar-refractivity contribution < 1.29 is 13.9 Å². The number of esters is 1. The monoisotopic (exact) mass is 508 g/mol. The van der Waals surface area contributed by atoms with Crippen LogP contribution in [0.15, 0.2) is 68.9 Å². The lowest BCUT2D eigenvalue weighted by atomic mass is 10.2. The van der Waals surface area contributed by atoms with E-state index >= 15 is 0 Å². The summed E-state index contributed by atoms with van der Waals surface area (Å²) >= 11 is 4.85. The minimum absolute atomic E-state index is 0.179. The fourth-order valence-corrected chi connectivity index (χ4v) is 4.56. The minimum atomic E-state index is -0.535. The summed E-state index contributed by atoms with van der Waals surface area (Å²) in [5.74, 6) is 0.111. The number of hydrogen-bond donors (Lipinski definition) is 1. The number of nitrogens with zero attached hydrogens (tertiary/aromatic N) is 3. The van der Waals surface area contributed by atoms with E-state index in [-0.39, 0.29) is 18.0 Å². The molecule has 0 unspecified atom stereocenters. The Labute approximate surface area is 195 Å². The number of furan rings is 1. The average Bonchev–Trinajstić information content (AvgIpc) is 3.50. The highest BCUT2D eigenvalue weighted by Gasteiger charge is 2.26. The zero-order chi connectivity index (χ0) is 22.2. The highest BCUT2D eigenvalue weighted by molar-refractivity contribution is 9.10. The molecule has 0 spiro atoms. The molecule has 5 aromatic rings. The number of carbonyl (C=O) groups is 1. The van der Waals surface area contributed by atoms with Crippen molar-refractivity contribution in [1.29, 1.82) is 0 Å². The third kappa shape index (κ3) is 3.59. The lowest BCUT2D eigenvalue weighted by Gasteiger charge is -2.07. The number of ether oxygens (including phenoxy) is 1. The van der Waals surface area contributed by atoms with Gasteiger partial charge < -0.3 is 14.9 Å². The van der Waals surface area contributed by atoms with Crippen molar-refractivity contribution in [3.63, 3.8) is 0 Å². The first-order valence-corrected chi connectivity index (χ1v) is 11.5. The summed E-state index contributed by atoms with van der Waals surface area (Å²) in [6.45, 7) is 1.98. The van der Waals surface area contributed by atoms with Gasteiger partial charge in [-0.1, -0.05) is 34.1 Å². The van der Waals surface area contributed by atoms with Crippen LogP contribution >= 0.6 is 27.3 Å². The normalized spacial score (nSPS) is 11.2. The zero-order valence-corrected chi connectivity index (χ0v) is 19.3. The van der Waals surface area contributed by atoms with Crippen LogP contribution in [0.5, 0.6) is 0 Å². The van der Waals surface area contributed by atoms with Gasteiger partial charge in [0.2, 0.25) is 0 Å². The number of thiazole rings is 1. The maximum Gasteiger partial charge on any atom is 0.359 e. The predicted molar refractivity (Wildman–Crippen MR) is 128 cm³/mol. The topological polar surface area (TPSA) is 96.2 Å². The zero-order valence-electron chi connectivity index (χ0n) is 16.9. The molecule has 0 aliphatic carbocycles. The first-order valence-electron chi connectivity index (χ1n) is 9.81. The summed E-state index contributed by atoms with van der Waals surface area (Å²) in [5.41, 5.74) is 9.36. The standard InChI is InChI=1S/C23H17BrN4O3S/c1-2-30-23(29)21-19(25)20(27-28(21)15-6-4-3-5-7-15)22-26-16(12-32-22)18-11-13-10-14(24)8-9-17(13)31-18/h3-12H,2,25H2,1H3. The Hall–Kier alpha value is -3.43. The fourth-order valence-electron chi connectivity index (χ4n) is 3.38. The Balaban J connectivity index is 1.59. The van der Waals surface area contributed by atoms with Gasteiger partial charge >= 0.3 is 5.97 Å². The maximum atomic E-state index is 12.7. The summed E-state index contributed by atoms with van der Waals surface area (Å²) < 4.78 is 13.6. The number of carbonyl (C=O) groups excluding carboxylic acids is 1. The van der Waals surface area contributed by atoms with Gasteiger partial charge in [-0.15, -0.1) is 11.3 Å². The second kappa shape index (κ2) is 8.25. The molecule has 0 fully saturated rings. The highest BCUT2D eigenvalue weighted by atomic mass is 79.9. The van der Waals surface area contributed by atoms with Gasteiger partial charge in [0, 0.05) is 15.2 Å². The van der Waals surface area contributed by atoms with Crippen molar-refractivity contribution in [1.82, 2.24) is 14.8 Å². The number of aromatic nitrogens is 3. The second-order valence-electron chi connectivity index (χ2n) is 6.91. The van der Waals surface area contributed by atoms with Crippen LogP contribution in [0.2, 0.25) is 0 Å². The summed E-state index contributed by atoms with van der Waals surface area (Å²) in [4.78, 5) is 17.3. The van der Waals surface area contributed by atoms with Crippen molar-refractivity contribution in [3.8, 4) is 27.8 Å². The smallest absolute Gasteiger partial charge is 0.359 e. The van der Waals surface area contributed by atoms with Gasteiger partial charge in [-0.2, -0.15) is 5.10 Å². The molecule has 0 atom stereocenters. The van der Waals surface area contributed by atoms with E-state index in [1.807, 2.05) is 60.0 Å². The van der Waals surface area contributed by atoms with Crippen LogP contribution in [0.3, 0.4) is 0 Å². The molecule has 160 valence electrons. The average molecular weight is 509 g/mol. The molecule has 2 N–H and O–H groups in total. The van der Waals surface area contributed by atoms with Crippen LogP contribution in [0, 0.1) is 0 Å². The summed E-state index contributed by atoms with van der Waals surface area (Å²) in [6, 6.07) is 17.1. The molecule has 0 aliphatic rings. The van der Waals surface area contributed by atoms with Crippen LogP contribution in [0.25, 0.3) is 38.8 Å². The summed E-state index contributed by atoms with van der Waals surface area (Å²) in [6.07, 6.45) is 0. The molecule has 0 aliphatic heterocycles. The molecular formula is C23H17BrN4O3S. The second-order valence-corrected chi connectivity index (χ2v) is 8.68. The Morgan fingerprint density at radius 2 is 2.03 bits per heavy atom. The molecule has 3 aromatic heterocycles. The molecule has 32 heavy (non-hydrogen) atoms. The number of rotatable bonds is 5. The van der Waals surface area contributed by atoms with Crippen LogP contribution in [-0.4, -0.2) is 27.3 Å². The molecule has 9 heteroatoms.